The molecule has 0 unspecified atom stereocenters. The number of hydrogen-bond donors (Lipinski definition) is 0. The third kappa shape index (κ3) is 7.33. The van der Waals surface area contributed by atoms with E-state index in [1.165, 1.54) is 0 Å². The lowest BCUT2D eigenvalue weighted by Crippen LogP contribution is -2.04. The molecule has 0 aromatic heterocycles. The Morgan fingerprint density at radius 2 is 1.50 bits per heavy atom. The van der Waals surface area contributed by atoms with Gasteiger partial charge in [0.25, 0.3) is 0 Å². The summed E-state index contributed by atoms with van der Waals surface area (Å²) in [5.41, 5.74) is 0.893. The van der Waals surface area contributed by atoms with Gasteiger partial charge in [0, 0.05) is 12.8 Å². The van der Waals surface area contributed by atoms with Crippen LogP contribution in [0, 0.1) is 0 Å². The Balaban J connectivity index is 1.46. The fraction of sp³-hybridized carbons (Fsp3) is 0.600. The summed E-state index contributed by atoms with van der Waals surface area (Å²) in [5, 5.41) is 0. The number of esters is 2. The molecule has 0 spiro atoms. The second-order valence-corrected chi connectivity index (χ2v) is 6.27. The number of fused-ring (bicyclic) bond motifs is 1. The van der Waals surface area contributed by atoms with Crippen LogP contribution in [-0.4, -0.2) is 25.3 Å². The highest BCUT2D eigenvalue weighted by Gasteiger charge is 2.13. The van der Waals surface area contributed by atoms with Gasteiger partial charge in [-0.1, -0.05) is 31.7 Å². The number of unbranched alkanes of at least 4 members (excludes halogenated alkanes) is 5. The smallest absolute Gasteiger partial charge is 0.306 e. The van der Waals surface area contributed by atoms with Gasteiger partial charge < -0.3 is 18.9 Å². The lowest BCUT2D eigenvalue weighted by atomic mass is 10.1. The maximum Gasteiger partial charge on any atom is 0.306 e. The molecule has 0 bridgehead atoms. The number of hydrogen-bond acceptors (Lipinski definition) is 6. The van der Waals surface area contributed by atoms with Crippen molar-refractivity contribution in [3.8, 4) is 11.5 Å². The minimum atomic E-state index is -0.176. The fourth-order valence-corrected chi connectivity index (χ4v) is 2.75. The largest absolute Gasteiger partial charge is 0.466 e. The second-order valence-electron chi connectivity index (χ2n) is 6.27. The highest BCUT2D eigenvalue weighted by Crippen LogP contribution is 2.32. The van der Waals surface area contributed by atoms with Gasteiger partial charge in [0.2, 0.25) is 6.79 Å². The number of benzene rings is 1. The molecular weight excluding hydrogens is 336 g/mol. The van der Waals surface area contributed by atoms with E-state index in [9.17, 15) is 9.59 Å². The summed E-state index contributed by atoms with van der Waals surface area (Å²) in [4.78, 5) is 23.0. The van der Waals surface area contributed by atoms with E-state index in [1.54, 1.807) is 0 Å². The highest BCUT2D eigenvalue weighted by atomic mass is 16.7. The maximum absolute atomic E-state index is 11.8. The molecule has 1 aromatic carbocycles. The van der Waals surface area contributed by atoms with Crippen LogP contribution in [0.1, 0.15) is 63.9 Å². The van der Waals surface area contributed by atoms with E-state index in [-0.39, 0.29) is 25.3 Å². The third-order valence-corrected chi connectivity index (χ3v) is 4.15. The standard InChI is InChI=1S/C20H28O6/c1-2-23-19(21)9-7-5-3-4-6-8-10-20(22)24-14-16-11-12-17-18(13-16)26-15-25-17/h11-13H,2-10,14-15H2,1H3. The van der Waals surface area contributed by atoms with Crippen LogP contribution in [0.15, 0.2) is 18.2 Å². The van der Waals surface area contributed by atoms with Crippen molar-refractivity contribution in [1.29, 1.82) is 0 Å². The molecule has 0 atom stereocenters. The molecular formula is C20H28O6. The van der Waals surface area contributed by atoms with Crippen LogP contribution >= 0.6 is 0 Å². The number of carbonyl (C=O) groups is 2. The zero-order valence-corrected chi connectivity index (χ0v) is 15.5. The Bertz CT molecular complexity index is 584. The van der Waals surface area contributed by atoms with Crippen molar-refractivity contribution in [1.82, 2.24) is 0 Å². The molecule has 26 heavy (non-hydrogen) atoms. The number of ether oxygens (including phenoxy) is 4. The second kappa shape index (κ2) is 11.4. The molecule has 0 saturated carbocycles. The quantitative estimate of drug-likeness (QED) is 0.410. The first kappa shape index (κ1) is 20.1. The van der Waals surface area contributed by atoms with Crippen LogP contribution in [0.25, 0.3) is 0 Å². The number of rotatable bonds is 12. The van der Waals surface area contributed by atoms with Crippen LogP contribution in [0.4, 0.5) is 0 Å². The predicted octanol–water partition coefficient (Wildman–Crippen LogP) is 4.14. The Labute approximate surface area is 154 Å². The molecule has 0 fully saturated rings. The molecule has 1 heterocycles. The van der Waals surface area contributed by atoms with Crippen molar-refractivity contribution in [2.45, 2.75) is 64.9 Å². The van der Waals surface area contributed by atoms with Crippen molar-refractivity contribution in [3.05, 3.63) is 23.8 Å². The monoisotopic (exact) mass is 364 g/mol. The Morgan fingerprint density at radius 1 is 0.885 bits per heavy atom. The summed E-state index contributed by atoms with van der Waals surface area (Å²) in [5.74, 6) is 1.13. The van der Waals surface area contributed by atoms with Crippen LogP contribution in [0.5, 0.6) is 11.5 Å². The van der Waals surface area contributed by atoms with Crippen LogP contribution < -0.4 is 9.47 Å². The summed E-state index contributed by atoms with van der Waals surface area (Å²) < 4.78 is 20.7. The molecule has 1 aliphatic heterocycles. The summed E-state index contributed by atoms with van der Waals surface area (Å²) in [6.45, 7) is 2.76. The molecule has 0 amide bonds. The van der Waals surface area contributed by atoms with E-state index in [0.717, 1.165) is 49.8 Å². The summed E-state index contributed by atoms with van der Waals surface area (Å²) in [6, 6.07) is 5.54. The first-order chi connectivity index (χ1) is 12.7. The summed E-state index contributed by atoms with van der Waals surface area (Å²) >= 11 is 0. The van der Waals surface area contributed by atoms with Crippen LogP contribution in [-0.2, 0) is 25.7 Å². The van der Waals surface area contributed by atoms with Gasteiger partial charge in [0.1, 0.15) is 6.61 Å². The van der Waals surface area contributed by atoms with E-state index >= 15 is 0 Å². The molecule has 1 aliphatic rings. The van der Waals surface area contributed by atoms with Gasteiger partial charge >= 0.3 is 11.9 Å². The Hall–Kier alpha value is -2.24. The molecule has 0 radical (unpaired) electrons. The van der Waals surface area contributed by atoms with E-state index < -0.39 is 0 Å². The van der Waals surface area contributed by atoms with Gasteiger partial charge in [-0.3, -0.25) is 9.59 Å². The molecule has 0 saturated heterocycles. The Kier molecular flexibility index (Phi) is 8.79. The molecule has 144 valence electrons. The zero-order valence-electron chi connectivity index (χ0n) is 15.5. The van der Waals surface area contributed by atoms with Crippen LogP contribution in [0.3, 0.4) is 0 Å². The minimum Gasteiger partial charge on any atom is -0.466 e. The topological polar surface area (TPSA) is 71.1 Å². The third-order valence-electron chi connectivity index (χ3n) is 4.15. The molecule has 2 rings (SSSR count). The molecule has 1 aromatic rings. The zero-order chi connectivity index (χ0) is 18.6. The Morgan fingerprint density at radius 3 is 2.19 bits per heavy atom. The van der Waals surface area contributed by atoms with Crippen molar-refractivity contribution in [2.75, 3.05) is 13.4 Å². The van der Waals surface area contributed by atoms with Crippen LogP contribution in [0.2, 0.25) is 0 Å². The normalized spacial score (nSPS) is 12.0. The molecule has 6 heteroatoms. The minimum absolute atomic E-state index is 0.113. The van der Waals surface area contributed by atoms with Crippen molar-refractivity contribution in [2.24, 2.45) is 0 Å². The average molecular weight is 364 g/mol. The first-order valence-corrected chi connectivity index (χ1v) is 9.39. The maximum atomic E-state index is 11.8. The predicted molar refractivity (Wildman–Crippen MR) is 95.9 cm³/mol. The molecule has 6 nitrogen and oxygen atoms in total. The van der Waals surface area contributed by atoms with Crippen molar-refractivity contribution in [3.63, 3.8) is 0 Å². The van der Waals surface area contributed by atoms with Gasteiger partial charge in [0.05, 0.1) is 6.61 Å². The molecule has 0 N–H and O–H groups in total. The van der Waals surface area contributed by atoms with Gasteiger partial charge in [-0.05, 0) is 37.5 Å². The fourth-order valence-electron chi connectivity index (χ4n) is 2.75. The van der Waals surface area contributed by atoms with Crippen molar-refractivity contribution >= 4 is 11.9 Å². The van der Waals surface area contributed by atoms with E-state index in [0.29, 0.717) is 25.2 Å². The number of carbonyl (C=O) groups excluding carboxylic acids is 2. The summed E-state index contributed by atoms with van der Waals surface area (Å²) in [7, 11) is 0. The SMILES string of the molecule is CCOC(=O)CCCCCCCCC(=O)OCc1ccc2c(c1)OCO2. The van der Waals surface area contributed by atoms with Gasteiger partial charge in [-0.25, -0.2) is 0 Å². The highest BCUT2D eigenvalue weighted by molar-refractivity contribution is 5.69. The van der Waals surface area contributed by atoms with E-state index in [4.69, 9.17) is 18.9 Å². The van der Waals surface area contributed by atoms with Gasteiger partial charge in [-0.2, -0.15) is 0 Å². The van der Waals surface area contributed by atoms with Gasteiger partial charge in [0.15, 0.2) is 11.5 Å². The lowest BCUT2D eigenvalue weighted by Gasteiger charge is -2.06. The van der Waals surface area contributed by atoms with E-state index in [1.807, 2.05) is 25.1 Å². The van der Waals surface area contributed by atoms with Gasteiger partial charge in [-0.15, -0.1) is 0 Å². The lowest BCUT2D eigenvalue weighted by molar-refractivity contribution is -0.145. The first-order valence-electron chi connectivity index (χ1n) is 9.39. The molecule has 0 aliphatic carbocycles. The summed E-state index contributed by atoms with van der Waals surface area (Å²) in [6.07, 6.45) is 6.80. The van der Waals surface area contributed by atoms with E-state index in [2.05, 4.69) is 0 Å². The van der Waals surface area contributed by atoms with Crippen molar-refractivity contribution < 1.29 is 28.5 Å². The average Bonchev–Trinajstić information content (AvgIpc) is 3.10.